The minimum Gasteiger partial charge on any atom is -0.347 e. The molecule has 4 rings (SSSR count). The molecule has 29 heavy (non-hydrogen) atoms. The zero-order chi connectivity index (χ0) is 20.1. The highest BCUT2D eigenvalue weighted by Gasteiger charge is 2.22. The SMILES string of the molecule is Cc1cc(C(=O)NCc2ccccc2)nc(N2CCN(c3ncccn3)CC2)n1. The van der Waals surface area contributed by atoms with Crippen LogP contribution in [0.5, 0.6) is 0 Å². The quantitative estimate of drug-likeness (QED) is 0.712. The second-order valence-electron chi connectivity index (χ2n) is 6.89. The first-order valence-corrected chi connectivity index (χ1v) is 9.64. The molecule has 8 heteroatoms. The van der Waals surface area contributed by atoms with Crippen LogP contribution in [0.1, 0.15) is 21.7 Å². The molecule has 0 atom stereocenters. The van der Waals surface area contributed by atoms with E-state index in [1.807, 2.05) is 43.3 Å². The number of aryl methyl sites for hydroxylation is 1. The van der Waals surface area contributed by atoms with E-state index in [1.54, 1.807) is 18.5 Å². The van der Waals surface area contributed by atoms with Crippen molar-refractivity contribution < 1.29 is 4.79 Å². The molecular formula is C21H23N7O. The summed E-state index contributed by atoms with van der Waals surface area (Å²) in [6, 6.07) is 13.3. The predicted molar refractivity (Wildman–Crippen MR) is 111 cm³/mol. The third-order valence-corrected chi connectivity index (χ3v) is 4.77. The van der Waals surface area contributed by atoms with E-state index in [4.69, 9.17) is 0 Å². The van der Waals surface area contributed by atoms with E-state index in [0.717, 1.165) is 43.4 Å². The maximum atomic E-state index is 12.6. The normalized spacial score (nSPS) is 14.0. The highest BCUT2D eigenvalue weighted by molar-refractivity contribution is 5.92. The Hall–Kier alpha value is -3.55. The van der Waals surface area contributed by atoms with Crippen molar-refractivity contribution in [2.24, 2.45) is 0 Å². The van der Waals surface area contributed by atoms with Gasteiger partial charge >= 0.3 is 0 Å². The lowest BCUT2D eigenvalue weighted by atomic mass is 10.2. The van der Waals surface area contributed by atoms with Gasteiger partial charge < -0.3 is 15.1 Å². The molecule has 0 saturated carbocycles. The lowest BCUT2D eigenvalue weighted by molar-refractivity contribution is 0.0945. The number of aromatic nitrogens is 4. The number of hydrogen-bond acceptors (Lipinski definition) is 7. The molecular weight excluding hydrogens is 366 g/mol. The summed E-state index contributed by atoms with van der Waals surface area (Å²) in [6.45, 7) is 5.38. The molecule has 0 radical (unpaired) electrons. The topological polar surface area (TPSA) is 87.1 Å². The van der Waals surface area contributed by atoms with E-state index in [0.29, 0.717) is 18.2 Å². The van der Waals surface area contributed by atoms with Gasteiger partial charge in [0.1, 0.15) is 5.69 Å². The van der Waals surface area contributed by atoms with Crippen LogP contribution in [0.3, 0.4) is 0 Å². The molecule has 3 aromatic rings. The van der Waals surface area contributed by atoms with Gasteiger partial charge in [-0.15, -0.1) is 0 Å². The average molecular weight is 389 g/mol. The molecule has 0 bridgehead atoms. The number of hydrogen-bond donors (Lipinski definition) is 1. The van der Waals surface area contributed by atoms with Crippen LogP contribution in [0, 0.1) is 6.92 Å². The number of nitrogens with one attached hydrogen (secondary N) is 1. The van der Waals surface area contributed by atoms with Crippen molar-refractivity contribution in [1.82, 2.24) is 25.3 Å². The van der Waals surface area contributed by atoms with Gasteiger partial charge in [0.2, 0.25) is 11.9 Å². The minimum atomic E-state index is -0.197. The Labute approximate surface area is 169 Å². The Morgan fingerprint density at radius 1 is 0.931 bits per heavy atom. The monoisotopic (exact) mass is 389 g/mol. The molecule has 148 valence electrons. The van der Waals surface area contributed by atoms with Crippen molar-refractivity contribution in [3.05, 3.63) is 71.8 Å². The lowest BCUT2D eigenvalue weighted by Crippen LogP contribution is -2.47. The van der Waals surface area contributed by atoms with Crippen LogP contribution in [0.15, 0.2) is 54.9 Å². The molecule has 8 nitrogen and oxygen atoms in total. The van der Waals surface area contributed by atoms with Gasteiger partial charge in [0, 0.05) is 50.8 Å². The van der Waals surface area contributed by atoms with E-state index in [1.165, 1.54) is 0 Å². The molecule has 1 fully saturated rings. The highest BCUT2D eigenvalue weighted by Crippen LogP contribution is 2.16. The van der Waals surface area contributed by atoms with Gasteiger partial charge in [-0.2, -0.15) is 0 Å². The van der Waals surface area contributed by atoms with E-state index in [9.17, 15) is 4.79 Å². The van der Waals surface area contributed by atoms with Gasteiger partial charge in [-0.05, 0) is 24.6 Å². The minimum absolute atomic E-state index is 0.197. The smallest absolute Gasteiger partial charge is 0.270 e. The molecule has 0 unspecified atom stereocenters. The van der Waals surface area contributed by atoms with Crippen LogP contribution in [0.25, 0.3) is 0 Å². The maximum Gasteiger partial charge on any atom is 0.270 e. The molecule has 2 aromatic heterocycles. The fourth-order valence-corrected chi connectivity index (χ4v) is 3.24. The van der Waals surface area contributed by atoms with E-state index < -0.39 is 0 Å². The summed E-state index contributed by atoms with van der Waals surface area (Å²) in [5, 5.41) is 2.93. The van der Waals surface area contributed by atoms with E-state index in [2.05, 4.69) is 35.1 Å². The van der Waals surface area contributed by atoms with Crippen molar-refractivity contribution >= 4 is 17.8 Å². The van der Waals surface area contributed by atoms with Crippen molar-refractivity contribution in [3.63, 3.8) is 0 Å². The molecule has 0 spiro atoms. The third-order valence-electron chi connectivity index (χ3n) is 4.77. The zero-order valence-electron chi connectivity index (χ0n) is 16.3. The Morgan fingerprint density at radius 3 is 2.28 bits per heavy atom. The molecule has 1 aliphatic rings. The number of amides is 1. The molecule has 0 aliphatic carbocycles. The Morgan fingerprint density at radius 2 is 1.59 bits per heavy atom. The van der Waals surface area contributed by atoms with Crippen molar-refractivity contribution in [2.75, 3.05) is 36.0 Å². The summed E-state index contributed by atoms with van der Waals surface area (Å²) in [5.41, 5.74) is 2.21. The number of nitrogens with zero attached hydrogens (tertiary/aromatic N) is 6. The highest BCUT2D eigenvalue weighted by atomic mass is 16.1. The second kappa shape index (κ2) is 8.64. The number of carbonyl (C=O) groups is 1. The predicted octanol–water partition coefficient (Wildman–Crippen LogP) is 1.83. The van der Waals surface area contributed by atoms with Crippen LogP contribution in [-0.4, -0.2) is 52.0 Å². The van der Waals surface area contributed by atoms with Crippen LogP contribution in [0.4, 0.5) is 11.9 Å². The van der Waals surface area contributed by atoms with E-state index in [-0.39, 0.29) is 5.91 Å². The van der Waals surface area contributed by atoms with Crippen LogP contribution < -0.4 is 15.1 Å². The van der Waals surface area contributed by atoms with Gasteiger partial charge in [-0.25, -0.2) is 19.9 Å². The number of rotatable bonds is 5. The summed E-state index contributed by atoms with van der Waals surface area (Å²) in [7, 11) is 0. The molecule has 3 heterocycles. The van der Waals surface area contributed by atoms with Crippen molar-refractivity contribution in [3.8, 4) is 0 Å². The average Bonchev–Trinajstić information content (AvgIpc) is 2.78. The van der Waals surface area contributed by atoms with Gasteiger partial charge in [0.15, 0.2) is 0 Å². The Balaban J connectivity index is 1.41. The van der Waals surface area contributed by atoms with E-state index >= 15 is 0 Å². The molecule has 1 amide bonds. The summed E-state index contributed by atoms with van der Waals surface area (Å²) >= 11 is 0. The van der Waals surface area contributed by atoms with Crippen LogP contribution in [0.2, 0.25) is 0 Å². The number of anilines is 2. The van der Waals surface area contributed by atoms with Crippen molar-refractivity contribution in [2.45, 2.75) is 13.5 Å². The fourth-order valence-electron chi connectivity index (χ4n) is 3.24. The summed E-state index contributed by atoms with van der Waals surface area (Å²) in [5.74, 6) is 1.12. The standard InChI is InChI=1S/C21H23N7O/c1-16-14-18(19(29)24-15-17-6-3-2-4-7-17)26-21(25-16)28-12-10-27(11-13-28)20-22-8-5-9-23-20/h2-9,14H,10-13,15H2,1H3,(H,24,29). The summed E-state index contributed by atoms with van der Waals surface area (Å²) in [6.07, 6.45) is 3.50. The van der Waals surface area contributed by atoms with Gasteiger partial charge in [0.25, 0.3) is 5.91 Å². The Bertz CT molecular complexity index is 957. The third kappa shape index (κ3) is 4.66. The summed E-state index contributed by atoms with van der Waals surface area (Å²) < 4.78 is 0. The zero-order valence-corrected chi connectivity index (χ0v) is 16.3. The molecule has 1 aromatic carbocycles. The molecule has 1 aliphatic heterocycles. The maximum absolute atomic E-state index is 12.6. The number of piperazine rings is 1. The number of carbonyl (C=O) groups excluding carboxylic acids is 1. The van der Waals surface area contributed by atoms with Gasteiger partial charge in [0.05, 0.1) is 0 Å². The number of benzene rings is 1. The molecule has 1 N–H and O–H groups in total. The van der Waals surface area contributed by atoms with Gasteiger partial charge in [-0.3, -0.25) is 4.79 Å². The van der Waals surface area contributed by atoms with Gasteiger partial charge in [-0.1, -0.05) is 30.3 Å². The Kier molecular flexibility index (Phi) is 5.60. The first kappa shape index (κ1) is 18.8. The lowest BCUT2D eigenvalue weighted by Gasteiger charge is -2.34. The van der Waals surface area contributed by atoms with Crippen LogP contribution >= 0.6 is 0 Å². The fraction of sp³-hybridized carbons (Fsp3) is 0.286. The second-order valence-corrected chi connectivity index (χ2v) is 6.89. The first-order valence-electron chi connectivity index (χ1n) is 9.64. The van der Waals surface area contributed by atoms with Crippen molar-refractivity contribution in [1.29, 1.82) is 0 Å². The van der Waals surface area contributed by atoms with Crippen LogP contribution in [-0.2, 0) is 6.54 Å². The first-order chi connectivity index (χ1) is 14.2. The summed E-state index contributed by atoms with van der Waals surface area (Å²) in [4.78, 5) is 34.5. The molecule has 1 saturated heterocycles. The largest absolute Gasteiger partial charge is 0.347 e.